The molecule has 6 heteroatoms. The van der Waals surface area contributed by atoms with Crippen molar-refractivity contribution < 1.29 is 9.53 Å². The lowest BCUT2D eigenvalue weighted by Gasteiger charge is -2.30. The standard InChI is InChI=1S/C15H17N3O2S/c19-15(11-3-6-20-10-11)17-4-5-18-12(8-16-14(18)9-17)13-2-1-7-21-13/h1-2,7-8,11H,3-6,9-10H2. The van der Waals surface area contributed by atoms with Crippen LogP contribution in [-0.2, 0) is 22.6 Å². The molecule has 21 heavy (non-hydrogen) atoms. The van der Waals surface area contributed by atoms with Gasteiger partial charge in [-0.3, -0.25) is 4.79 Å². The van der Waals surface area contributed by atoms with E-state index >= 15 is 0 Å². The Morgan fingerprint density at radius 3 is 3.14 bits per heavy atom. The molecule has 2 aromatic rings. The fraction of sp³-hybridized carbons (Fsp3) is 0.467. The smallest absolute Gasteiger partial charge is 0.228 e. The summed E-state index contributed by atoms with van der Waals surface area (Å²) in [5, 5.41) is 2.08. The minimum atomic E-state index is 0.0447. The van der Waals surface area contributed by atoms with Crippen LogP contribution in [0.3, 0.4) is 0 Å². The number of imidazole rings is 1. The van der Waals surface area contributed by atoms with Gasteiger partial charge >= 0.3 is 0 Å². The molecule has 110 valence electrons. The number of carbonyl (C=O) groups is 1. The van der Waals surface area contributed by atoms with Gasteiger partial charge in [-0.2, -0.15) is 0 Å². The number of amides is 1. The predicted molar refractivity (Wildman–Crippen MR) is 79.9 cm³/mol. The average molecular weight is 303 g/mol. The van der Waals surface area contributed by atoms with Crippen LogP contribution in [0.25, 0.3) is 10.6 Å². The highest BCUT2D eigenvalue weighted by Gasteiger charge is 2.31. The fourth-order valence-electron chi connectivity index (χ4n) is 3.06. The molecule has 2 aliphatic rings. The number of hydrogen-bond donors (Lipinski definition) is 0. The Hall–Kier alpha value is -1.66. The van der Waals surface area contributed by atoms with E-state index in [-0.39, 0.29) is 11.8 Å². The topological polar surface area (TPSA) is 47.4 Å². The van der Waals surface area contributed by atoms with Gasteiger partial charge < -0.3 is 14.2 Å². The Morgan fingerprint density at radius 2 is 2.38 bits per heavy atom. The molecule has 4 rings (SSSR count). The van der Waals surface area contributed by atoms with Crippen molar-refractivity contribution in [3.05, 3.63) is 29.5 Å². The Labute approximate surface area is 127 Å². The normalized spacial score (nSPS) is 21.5. The van der Waals surface area contributed by atoms with E-state index in [1.54, 1.807) is 11.3 Å². The van der Waals surface area contributed by atoms with E-state index in [0.717, 1.165) is 31.0 Å². The Balaban J connectivity index is 1.55. The van der Waals surface area contributed by atoms with E-state index in [1.807, 2.05) is 11.1 Å². The summed E-state index contributed by atoms with van der Waals surface area (Å²) in [7, 11) is 0. The molecule has 0 radical (unpaired) electrons. The molecule has 1 amide bonds. The van der Waals surface area contributed by atoms with Gasteiger partial charge in [0.15, 0.2) is 0 Å². The summed E-state index contributed by atoms with van der Waals surface area (Å²) >= 11 is 1.72. The van der Waals surface area contributed by atoms with E-state index in [9.17, 15) is 4.79 Å². The van der Waals surface area contributed by atoms with Crippen molar-refractivity contribution in [1.82, 2.24) is 14.5 Å². The molecular weight excluding hydrogens is 286 g/mol. The molecule has 0 N–H and O–H groups in total. The number of nitrogens with zero attached hydrogens (tertiary/aromatic N) is 3. The first-order valence-electron chi connectivity index (χ1n) is 7.28. The maximum absolute atomic E-state index is 12.5. The first kappa shape index (κ1) is 13.0. The van der Waals surface area contributed by atoms with Crippen LogP contribution in [0.2, 0.25) is 0 Å². The number of hydrogen-bond acceptors (Lipinski definition) is 4. The summed E-state index contributed by atoms with van der Waals surface area (Å²) in [6.07, 6.45) is 2.78. The lowest BCUT2D eigenvalue weighted by molar-refractivity contribution is -0.137. The zero-order valence-electron chi connectivity index (χ0n) is 11.7. The molecule has 2 aromatic heterocycles. The molecule has 0 aromatic carbocycles. The third-order valence-corrected chi connectivity index (χ3v) is 5.12. The van der Waals surface area contributed by atoms with Gasteiger partial charge in [-0.1, -0.05) is 6.07 Å². The van der Waals surface area contributed by atoms with Crippen LogP contribution in [0.5, 0.6) is 0 Å². The molecule has 0 aliphatic carbocycles. The molecule has 0 bridgehead atoms. The second-order valence-electron chi connectivity index (χ2n) is 5.51. The number of fused-ring (bicyclic) bond motifs is 1. The van der Waals surface area contributed by atoms with Gasteiger partial charge in [0, 0.05) is 19.7 Å². The number of rotatable bonds is 2. The summed E-state index contributed by atoms with van der Waals surface area (Å²) in [5.74, 6) is 1.25. The number of aromatic nitrogens is 2. The van der Waals surface area contributed by atoms with Crippen molar-refractivity contribution >= 4 is 17.2 Å². The van der Waals surface area contributed by atoms with Crippen molar-refractivity contribution in [1.29, 1.82) is 0 Å². The van der Waals surface area contributed by atoms with Gasteiger partial charge in [0.1, 0.15) is 5.82 Å². The Morgan fingerprint density at radius 1 is 1.43 bits per heavy atom. The summed E-state index contributed by atoms with van der Waals surface area (Å²) in [6.45, 7) is 3.48. The minimum Gasteiger partial charge on any atom is -0.381 e. The summed E-state index contributed by atoms with van der Waals surface area (Å²) in [5.41, 5.74) is 1.16. The number of ether oxygens (including phenoxy) is 1. The molecule has 2 aliphatic heterocycles. The highest BCUT2D eigenvalue weighted by Crippen LogP contribution is 2.28. The molecule has 1 fully saturated rings. The zero-order chi connectivity index (χ0) is 14.2. The first-order chi connectivity index (χ1) is 10.3. The van der Waals surface area contributed by atoms with Crippen LogP contribution in [0.15, 0.2) is 23.7 Å². The second kappa shape index (κ2) is 5.27. The molecule has 1 atom stereocenters. The van der Waals surface area contributed by atoms with Gasteiger partial charge in [0.05, 0.1) is 35.8 Å². The van der Waals surface area contributed by atoms with E-state index in [0.29, 0.717) is 19.8 Å². The molecule has 4 heterocycles. The van der Waals surface area contributed by atoms with E-state index in [1.165, 1.54) is 4.88 Å². The lowest BCUT2D eigenvalue weighted by Crippen LogP contribution is -2.41. The summed E-state index contributed by atoms with van der Waals surface area (Å²) in [4.78, 5) is 20.1. The van der Waals surface area contributed by atoms with Crippen molar-refractivity contribution in [2.45, 2.75) is 19.5 Å². The van der Waals surface area contributed by atoms with Crippen LogP contribution in [-0.4, -0.2) is 40.1 Å². The average Bonchev–Trinajstić information content (AvgIpc) is 3.24. The summed E-state index contributed by atoms with van der Waals surface area (Å²) in [6, 6.07) is 4.17. The van der Waals surface area contributed by atoms with Gasteiger partial charge in [-0.05, 0) is 17.9 Å². The first-order valence-corrected chi connectivity index (χ1v) is 8.16. The number of thiophene rings is 1. The summed E-state index contributed by atoms with van der Waals surface area (Å²) < 4.78 is 7.56. The van der Waals surface area contributed by atoms with E-state index in [4.69, 9.17) is 4.74 Å². The van der Waals surface area contributed by atoms with E-state index < -0.39 is 0 Å². The van der Waals surface area contributed by atoms with Crippen molar-refractivity contribution in [3.63, 3.8) is 0 Å². The van der Waals surface area contributed by atoms with Crippen molar-refractivity contribution in [2.24, 2.45) is 5.92 Å². The van der Waals surface area contributed by atoms with Gasteiger partial charge in [-0.15, -0.1) is 11.3 Å². The quantitative estimate of drug-likeness (QED) is 0.852. The van der Waals surface area contributed by atoms with E-state index in [2.05, 4.69) is 27.1 Å². The Kier molecular flexibility index (Phi) is 3.27. The molecular formula is C15H17N3O2S. The van der Waals surface area contributed by atoms with Crippen LogP contribution >= 0.6 is 11.3 Å². The van der Waals surface area contributed by atoms with Gasteiger partial charge in [0.2, 0.25) is 5.91 Å². The fourth-order valence-corrected chi connectivity index (χ4v) is 3.80. The highest BCUT2D eigenvalue weighted by atomic mass is 32.1. The van der Waals surface area contributed by atoms with Crippen LogP contribution in [0.1, 0.15) is 12.2 Å². The van der Waals surface area contributed by atoms with Gasteiger partial charge in [0.25, 0.3) is 0 Å². The maximum atomic E-state index is 12.5. The Bertz CT molecular complexity index is 644. The third-order valence-electron chi connectivity index (χ3n) is 4.23. The molecule has 0 spiro atoms. The number of carbonyl (C=O) groups excluding carboxylic acids is 1. The van der Waals surface area contributed by atoms with Crippen LogP contribution in [0.4, 0.5) is 0 Å². The van der Waals surface area contributed by atoms with Crippen LogP contribution < -0.4 is 0 Å². The van der Waals surface area contributed by atoms with Crippen molar-refractivity contribution in [2.75, 3.05) is 19.8 Å². The van der Waals surface area contributed by atoms with Gasteiger partial charge in [-0.25, -0.2) is 4.98 Å². The second-order valence-corrected chi connectivity index (χ2v) is 6.46. The predicted octanol–water partition coefficient (Wildman–Crippen LogP) is 1.99. The lowest BCUT2D eigenvalue weighted by atomic mass is 10.1. The molecule has 1 unspecified atom stereocenters. The molecule has 0 saturated carbocycles. The molecule has 1 saturated heterocycles. The monoisotopic (exact) mass is 303 g/mol. The minimum absolute atomic E-state index is 0.0447. The largest absolute Gasteiger partial charge is 0.381 e. The van der Waals surface area contributed by atoms with Crippen molar-refractivity contribution in [3.8, 4) is 10.6 Å². The third kappa shape index (κ3) is 2.28. The molecule has 5 nitrogen and oxygen atoms in total. The van der Waals surface area contributed by atoms with Crippen LogP contribution in [0, 0.1) is 5.92 Å². The SMILES string of the molecule is O=C(C1CCOC1)N1CCn2c(-c3cccs3)cnc2C1. The maximum Gasteiger partial charge on any atom is 0.228 e. The highest BCUT2D eigenvalue weighted by molar-refractivity contribution is 7.13. The zero-order valence-corrected chi connectivity index (χ0v) is 12.5.